The SMILES string of the molecule is O=CCCC#Cc1cccc(Br)c1. The third-order valence-electron chi connectivity index (χ3n) is 1.44. The van der Waals surface area contributed by atoms with Gasteiger partial charge in [0.05, 0.1) is 0 Å². The van der Waals surface area contributed by atoms with Crippen LogP contribution in [0.3, 0.4) is 0 Å². The van der Waals surface area contributed by atoms with E-state index in [-0.39, 0.29) is 0 Å². The smallest absolute Gasteiger partial charge is 0.120 e. The molecule has 0 saturated carbocycles. The second kappa shape index (κ2) is 5.55. The van der Waals surface area contributed by atoms with Crippen molar-refractivity contribution in [2.45, 2.75) is 12.8 Å². The van der Waals surface area contributed by atoms with Gasteiger partial charge in [0.2, 0.25) is 0 Å². The van der Waals surface area contributed by atoms with Gasteiger partial charge in [0.15, 0.2) is 0 Å². The van der Waals surface area contributed by atoms with Crippen molar-refractivity contribution in [1.82, 2.24) is 0 Å². The molecule has 1 rings (SSSR count). The van der Waals surface area contributed by atoms with Crippen LogP contribution >= 0.6 is 15.9 Å². The molecule has 0 bridgehead atoms. The summed E-state index contributed by atoms with van der Waals surface area (Å²) in [4.78, 5) is 10.00. The topological polar surface area (TPSA) is 17.1 Å². The molecule has 0 amide bonds. The lowest BCUT2D eigenvalue weighted by atomic mass is 10.2. The second-order valence-corrected chi connectivity index (χ2v) is 3.43. The van der Waals surface area contributed by atoms with E-state index in [1.54, 1.807) is 0 Å². The lowest BCUT2D eigenvalue weighted by Gasteiger charge is -1.90. The molecule has 0 radical (unpaired) electrons. The number of hydrogen-bond donors (Lipinski definition) is 0. The molecule has 0 spiro atoms. The molecule has 0 atom stereocenters. The van der Waals surface area contributed by atoms with Crippen molar-refractivity contribution < 1.29 is 4.79 Å². The first-order valence-corrected chi connectivity index (χ1v) is 4.80. The van der Waals surface area contributed by atoms with Gasteiger partial charge in [-0.3, -0.25) is 0 Å². The molecule has 1 aromatic carbocycles. The largest absolute Gasteiger partial charge is 0.303 e. The Labute approximate surface area is 86.3 Å². The maximum atomic E-state index is 10.00. The van der Waals surface area contributed by atoms with Crippen molar-refractivity contribution in [3.8, 4) is 11.8 Å². The molecule has 0 aliphatic rings. The first kappa shape index (κ1) is 10.0. The summed E-state index contributed by atoms with van der Waals surface area (Å²) in [7, 11) is 0. The van der Waals surface area contributed by atoms with Crippen LogP contribution in [0.15, 0.2) is 28.7 Å². The minimum atomic E-state index is 0.515. The Morgan fingerprint density at radius 2 is 2.31 bits per heavy atom. The molecule has 0 unspecified atom stereocenters. The summed E-state index contributed by atoms with van der Waals surface area (Å²) in [6, 6.07) is 7.79. The van der Waals surface area contributed by atoms with E-state index >= 15 is 0 Å². The highest BCUT2D eigenvalue weighted by molar-refractivity contribution is 9.10. The summed E-state index contributed by atoms with van der Waals surface area (Å²) in [6.07, 6.45) is 2.03. The van der Waals surface area contributed by atoms with E-state index in [0.717, 1.165) is 16.3 Å². The van der Waals surface area contributed by atoms with Gasteiger partial charge in [-0.2, -0.15) is 0 Å². The van der Waals surface area contributed by atoms with Crippen LogP contribution in [-0.4, -0.2) is 6.29 Å². The highest BCUT2D eigenvalue weighted by Gasteiger charge is 1.87. The Bertz CT molecular complexity index is 347. The van der Waals surface area contributed by atoms with Crippen LogP contribution in [0.1, 0.15) is 18.4 Å². The first-order chi connectivity index (χ1) is 6.33. The van der Waals surface area contributed by atoms with E-state index in [4.69, 9.17) is 0 Å². The molecule has 13 heavy (non-hydrogen) atoms. The molecule has 1 nitrogen and oxygen atoms in total. The molecule has 0 saturated heterocycles. The zero-order valence-electron chi connectivity index (χ0n) is 7.09. The molecular formula is C11H9BrO. The van der Waals surface area contributed by atoms with Crippen LogP contribution in [0.5, 0.6) is 0 Å². The lowest BCUT2D eigenvalue weighted by molar-refractivity contribution is -0.107. The Morgan fingerprint density at radius 3 is 3.00 bits per heavy atom. The molecule has 0 aromatic heterocycles. The van der Waals surface area contributed by atoms with Crippen molar-refractivity contribution in [2.24, 2.45) is 0 Å². The van der Waals surface area contributed by atoms with E-state index in [9.17, 15) is 4.79 Å². The highest BCUT2D eigenvalue weighted by atomic mass is 79.9. The maximum absolute atomic E-state index is 10.00. The van der Waals surface area contributed by atoms with Crippen LogP contribution in [-0.2, 0) is 4.79 Å². The normalized spacial score (nSPS) is 8.69. The van der Waals surface area contributed by atoms with Gasteiger partial charge in [0, 0.05) is 22.9 Å². The van der Waals surface area contributed by atoms with Crippen molar-refractivity contribution in [3.63, 3.8) is 0 Å². The molecule has 1 aromatic rings. The number of carbonyl (C=O) groups is 1. The van der Waals surface area contributed by atoms with Crippen LogP contribution < -0.4 is 0 Å². The number of benzene rings is 1. The minimum Gasteiger partial charge on any atom is -0.303 e. The van der Waals surface area contributed by atoms with Crippen molar-refractivity contribution >= 4 is 22.2 Å². The van der Waals surface area contributed by atoms with Crippen molar-refractivity contribution in [2.75, 3.05) is 0 Å². The fourth-order valence-corrected chi connectivity index (χ4v) is 1.26. The van der Waals surface area contributed by atoms with E-state index in [1.165, 1.54) is 0 Å². The molecule has 66 valence electrons. The Hall–Kier alpha value is -1.07. The third-order valence-corrected chi connectivity index (χ3v) is 1.94. The minimum absolute atomic E-state index is 0.515. The van der Waals surface area contributed by atoms with E-state index < -0.39 is 0 Å². The van der Waals surface area contributed by atoms with Crippen molar-refractivity contribution in [3.05, 3.63) is 34.3 Å². The maximum Gasteiger partial charge on any atom is 0.120 e. The second-order valence-electron chi connectivity index (χ2n) is 2.52. The molecule has 0 aliphatic heterocycles. The van der Waals surface area contributed by atoms with Crippen molar-refractivity contribution in [1.29, 1.82) is 0 Å². The molecule has 0 aliphatic carbocycles. The summed E-state index contributed by atoms with van der Waals surface area (Å²) >= 11 is 3.36. The number of halogens is 1. The number of aldehydes is 1. The average Bonchev–Trinajstić information content (AvgIpc) is 2.13. The number of hydrogen-bond acceptors (Lipinski definition) is 1. The predicted molar refractivity (Wildman–Crippen MR) is 56.3 cm³/mol. The number of unbranched alkanes of at least 4 members (excludes halogenated alkanes) is 1. The molecule has 0 N–H and O–H groups in total. The third kappa shape index (κ3) is 3.91. The number of rotatable bonds is 2. The summed E-state index contributed by atoms with van der Waals surface area (Å²) in [5.74, 6) is 5.91. The predicted octanol–water partition coefficient (Wildman–Crippen LogP) is 2.78. The molecule has 2 heteroatoms. The van der Waals surface area contributed by atoms with Crippen LogP contribution in [0, 0.1) is 11.8 Å². The van der Waals surface area contributed by atoms with Crippen LogP contribution in [0.25, 0.3) is 0 Å². The standard InChI is InChI=1S/C11H9BrO/c12-11-7-4-6-10(9-11)5-2-1-3-8-13/h4,6-9H,1,3H2. The quantitative estimate of drug-likeness (QED) is 0.439. The Kier molecular flexibility index (Phi) is 4.28. The fourth-order valence-electron chi connectivity index (χ4n) is 0.862. The van der Waals surface area contributed by atoms with Gasteiger partial charge in [-0.15, -0.1) is 0 Å². The molecule has 0 heterocycles. The Balaban J connectivity index is 2.61. The monoisotopic (exact) mass is 236 g/mol. The summed E-state index contributed by atoms with van der Waals surface area (Å²) < 4.78 is 1.02. The Morgan fingerprint density at radius 1 is 1.46 bits per heavy atom. The van der Waals surface area contributed by atoms with E-state index in [2.05, 4.69) is 27.8 Å². The van der Waals surface area contributed by atoms with Crippen LogP contribution in [0.4, 0.5) is 0 Å². The van der Waals surface area contributed by atoms with Gasteiger partial charge < -0.3 is 4.79 Å². The van der Waals surface area contributed by atoms with Gasteiger partial charge in [-0.05, 0) is 18.2 Å². The average molecular weight is 237 g/mol. The first-order valence-electron chi connectivity index (χ1n) is 4.01. The zero-order valence-corrected chi connectivity index (χ0v) is 8.67. The molecular weight excluding hydrogens is 228 g/mol. The van der Waals surface area contributed by atoms with E-state index in [1.807, 2.05) is 24.3 Å². The fraction of sp³-hybridized carbons (Fsp3) is 0.182. The van der Waals surface area contributed by atoms with Gasteiger partial charge in [0.25, 0.3) is 0 Å². The summed E-state index contributed by atoms with van der Waals surface area (Å²) in [5, 5.41) is 0. The van der Waals surface area contributed by atoms with E-state index in [0.29, 0.717) is 12.8 Å². The van der Waals surface area contributed by atoms with Gasteiger partial charge in [-0.1, -0.05) is 33.8 Å². The molecule has 0 fully saturated rings. The summed E-state index contributed by atoms with van der Waals surface area (Å²) in [6.45, 7) is 0. The zero-order chi connectivity index (χ0) is 9.52. The lowest BCUT2D eigenvalue weighted by Crippen LogP contribution is -1.74. The summed E-state index contributed by atoms with van der Waals surface area (Å²) in [5.41, 5.74) is 0.972. The highest BCUT2D eigenvalue weighted by Crippen LogP contribution is 2.10. The van der Waals surface area contributed by atoms with Crippen LogP contribution in [0.2, 0.25) is 0 Å². The number of carbonyl (C=O) groups excluding carboxylic acids is 1. The van der Waals surface area contributed by atoms with Gasteiger partial charge >= 0.3 is 0 Å². The van der Waals surface area contributed by atoms with Gasteiger partial charge in [-0.25, -0.2) is 0 Å². The van der Waals surface area contributed by atoms with Gasteiger partial charge in [0.1, 0.15) is 6.29 Å².